The van der Waals surface area contributed by atoms with Gasteiger partial charge in [-0.25, -0.2) is 0 Å². The zero-order chi connectivity index (χ0) is 26.1. The number of hydrogen-bond acceptors (Lipinski definition) is 4. The number of halogens is 1. The summed E-state index contributed by atoms with van der Waals surface area (Å²) in [5.41, 5.74) is 5.25. The van der Waals surface area contributed by atoms with E-state index in [1.54, 1.807) is 18.2 Å². The maximum Gasteiger partial charge on any atom is 0.266 e. The van der Waals surface area contributed by atoms with Gasteiger partial charge in [-0.3, -0.25) is 4.79 Å². The number of carbonyl (C=O) groups is 1. The number of nitriles is 1. The first-order valence-corrected chi connectivity index (χ1v) is 12.0. The van der Waals surface area contributed by atoms with Gasteiger partial charge in [-0.15, -0.1) is 6.58 Å². The molecule has 3 aromatic carbocycles. The summed E-state index contributed by atoms with van der Waals surface area (Å²) in [5.74, 6) is 0.651. The standard InChI is InChI=1S/C30H29ClN2O3/c1-5-7-24-15-23(16-25(18-32)30(34)33-27-13-8-20(3)21(4)14-27)17-28(35-6-2)29(24)36-19-22-9-11-26(31)12-10-22/h5,8-17H,1,6-7,19H2,2-4H3,(H,33,34)/b25-16+. The lowest BCUT2D eigenvalue weighted by atomic mass is 10.0. The summed E-state index contributed by atoms with van der Waals surface area (Å²) < 4.78 is 12.0. The van der Waals surface area contributed by atoms with Crippen molar-refractivity contribution in [2.24, 2.45) is 0 Å². The van der Waals surface area contributed by atoms with Crippen molar-refractivity contribution < 1.29 is 14.3 Å². The van der Waals surface area contributed by atoms with Crippen LogP contribution in [0.15, 0.2) is 72.8 Å². The highest BCUT2D eigenvalue weighted by Crippen LogP contribution is 2.35. The first-order chi connectivity index (χ1) is 17.3. The molecule has 0 radical (unpaired) electrons. The molecule has 0 atom stereocenters. The van der Waals surface area contributed by atoms with Crippen LogP contribution in [0.5, 0.6) is 11.5 Å². The lowest BCUT2D eigenvalue weighted by Crippen LogP contribution is -2.13. The fourth-order valence-electron chi connectivity index (χ4n) is 3.57. The first kappa shape index (κ1) is 26.6. The number of rotatable bonds is 10. The molecule has 0 aliphatic rings. The molecule has 5 nitrogen and oxygen atoms in total. The minimum atomic E-state index is -0.480. The number of nitrogens with one attached hydrogen (secondary N) is 1. The number of allylic oxidation sites excluding steroid dienone is 1. The molecule has 3 rings (SSSR count). The molecular weight excluding hydrogens is 472 g/mol. The van der Waals surface area contributed by atoms with Crippen LogP contribution in [-0.4, -0.2) is 12.5 Å². The Morgan fingerprint density at radius 2 is 1.83 bits per heavy atom. The molecule has 0 unspecified atom stereocenters. The summed E-state index contributed by atoms with van der Waals surface area (Å²) in [6.07, 6.45) is 3.84. The summed E-state index contributed by atoms with van der Waals surface area (Å²) in [5, 5.41) is 13.2. The van der Waals surface area contributed by atoms with Crippen LogP contribution in [0.25, 0.3) is 6.08 Å². The highest BCUT2D eigenvalue weighted by atomic mass is 35.5. The van der Waals surface area contributed by atoms with E-state index in [1.165, 1.54) is 0 Å². The molecule has 36 heavy (non-hydrogen) atoms. The van der Waals surface area contributed by atoms with Gasteiger partial charge in [-0.05, 0) is 91.9 Å². The molecule has 0 aliphatic heterocycles. The van der Waals surface area contributed by atoms with E-state index >= 15 is 0 Å². The van der Waals surface area contributed by atoms with E-state index in [4.69, 9.17) is 21.1 Å². The number of benzene rings is 3. The zero-order valence-corrected chi connectivity index (χ0v) is 21.5. The number of amides is 1. The number of hydrogen-bond donors (Lipinski definition) is 1. The van der Waals surface area contributed by atoms with Gasteiger partial charge in [0.05, 0.1) is 6.61 Å². The van der Waals surface area contributed by atoms with Crippen molar-refractivity contribution in [1.29, 1.82) is 5.26 Å². The average Bonchev–Trinajstić information content (AvgIpc) is 2.85. The van der Waals surface area contributed by atoms with Crippen LogP contribution in [0.4, 0.5) is 5.69 Å². The predicted molar refractivity (Wildman–Crippen MR) is 145 cm³/mol. The highest BCUT2D eigenvalue weighted by molar-refractivity contribution is 6.30. The van der Waals surface area contributed by atoms with Crippen LogP contribution in [0.1, 0.15) is 34.7 Å². The summed E-state index contributed by atoms with van der Waals surface area (Å²) in [6.45, 7) is 10.5. The second kappa shape index (κ2) is 12.6. The van der Waals surface area contributed by atoms with Crippen LogP contribution in [-0.2, 0) is 17.8 Å². The quantitative estimate of drug-likeness (QED) is 0.181. The molecule has 184 valence electrons. The van der Waals surface area contributed by atoms with Crippen molar-refractivity contribution in [2.75, 3.05) is 11.9 Å². The number of nitrogens with zero attached hydrogens (tertiary/aromatic N) is 1. The van der Waals surface area contributed by atoms with Crippen LogP contribution in [0.3, 0.4) is 0 Å². The Morgan fingerprint density at radius 3 is 2.47 bits per heavy atom. The van der Waals surface area contributed by atoms with Gasteiger partial charge in [0.1, 0.15) is 18.2 Å². The molecule has 1 N–H and O–H groups in total. The van der Waals surface area contributed by atoms with Crippen molar-refractivity contribution in [3.8, 4) is 17.6 Å². The van der Waals surface area contributed by atoms with Gasteiger partial charge in [0.25, 0.3) is 5.91 Å². The Balaban J connectivity index is 1.92. The largest absolute Gasteiger partial charge is 0.490 e. The van der Waals surface area contributed by atoms with E-state index in [0.717, 1.165) is 22.3 Å². The van der Waals surface area contributed by atoms with Crippen LogP contribution >= 0.6 is 11.6 Å². The Kier molecular flexibility index (Phi) is 9.32. The van der Waals surface area contributed by atoms with E-state index in [9.17, 15) is 10.1 Å². The molecule has 6 heteroatoms. The third kappa shape index (κ3) is 7.00. The Hall–Kier alpha value is -4.01. The Bertz CT molecular complexity index is 1320. The second-order valence-corrected chi connectivity index (χ2v) is 8.71. The molecule has 0 saturated carbocycles. The summed E-state index contributed by atoms with van der Waals surface area (Å²) in [4.78, 5) is 12.8. The smallest absolute Gasteiger partial charge is 0.266 e. The molecule has 0 fully saturated rings. The van der Waals surface area contributed by atoms with Gasteiger partial charge in [0.15, 0.2) is 11.5 Å². The normalized spacial score (nSPS) is 10.9. The summed E-state index contributed by atoms with van der Waals surface area (Å²) in [7, 11) is 0. The van der Waals surface area contributed by atoms with Gasteiger partial charge in [-0.2, -0.15) is 5.26 Å². The second-order valence-electron chi connectivity index (χ2n) is 8.27. The minimum absolute atomic E-state index is 0.0185. The number of anilines is 1. The van der Waals surface area contributed by atoms with Gasteiger partial charge in [0, 0.05) is 16.3 Å². The van der Waals surface area contributed by atoms with E-state index in [0.29, 0.717) is 47.4 Å². The van der Waals surface area contributed by atoms with Crippen LogP contribution < -0.4 is 14.8 Å². The first-order valence-electron chi connectivity index (χ1n) is 11.6. The van der Waals surface area contributed by atoms with E-state index in [1.807, 2.05) is 75.4 Å². The van der Waals surface area contributed by atoms with Gasteiger partial charge < -0.3 is 14.8 Å². The minimum Gasteiger partial charge on any atom is -0.490 e. The van der Waals surface area contributed by atoms with Gasteiger partial charge in [-0.1, -0.05) is 35.9 Å². The number of aryl methyl sites for hydroxylation is 2. The highest BCUT2D eigenvalue weighted by Gasteiger charge is 2.16. The van der Waals surface area contributed by atoms with Crippen molar-refractivity contribution in [3.05, 3.63) is 106 Å². The maximum absolute atomic E-state index is 12.8. The molecule has 0 heterocycles. The third-order valence-electron chi connectivity index (χ3n) is 5.56. The molecule has 3 aromatic rings. The SMILES string of the molecule is C=CCc1cc(/C=C(\C#N)C(=O)Nc2ccc(C)c(C)c2)cc(OCC)c1OCc1ccc(Cl)cc1. The third-order valence-corrected chi connectivity index (χ3v) is 5.81. The summed E-state index contributed by atoms with van der Waals surface area (Å²) >= 11 is 5.98. The van der Waals surface area contributed by atoms with Crippen LogP contribution in [0, 0.1) is 25.2 Å². The molecule has 0 spiro atoms. The van der Waals surface area contributed by atoms with E-state index in [-0.39, 0.29) is 5.57 Å². The monoisotopic (exact) mass is 500 g/mol. The summed E-state index contributed by atoms with van der Waals surface area (Å²) in [6, 6.07) is 18.7. The molecule has 0 aromatic heterocycles. The lowest BCUT2D eigenvalue weighted by molar-refractivity contribution is -0.112. The average molecular weight is 501 g/mol. The van der Waals surface area contributed by atoms with Crippen LogP contribution in [0.2, 0.25) is 5.02 Å². The molecule has 0 bridgehead atoms. The molecular formula is C30H29ClN2O3. The zero-order valence-electron chi connectivity index (χ0n) is 20.7. The lowest BCUT2D eigenvalue weighted by Gasteiger charge is -2.17. The fourth-order valence-corrected chi connectivity index (χ4v) is 3.70. The fraction of sp³-hybridized carbons (Fsp3) is 0.200. The maximum atomic E-state index is 12.8. The van der Waals surface area contributed by atoms with E-state index in [2.05, 4.69) is 11.9 Å². The van der Waals surface area contributed by atoms with Gasteiger partial charge >= 0.3 is 0 Å². The van der Waals surface area contributed by atoms with Crippen molar-refractivity contribution in [1.82, 2.24) is 0 Å². The topological polar surface area (TPSA) is 71.4 Å². The molecule has 0 aliphatic carbocycles. The molecule has 0 saturated heterocycles. The van der Waals surface area contributed by atoms with Crippen molar-refractivity contribution in [3.63, 3.8) is 0 Å². The van der Waals surface area contributed by atoms with Crippen molar-refractivity contribution >= 4 is 29.3 Å². The van der Waals surface area contributed by atoms with E-state index < -0.39 is 5.91 Å². The molecule has 1 amide bonds. The predicted octanol–water partition coefficient (Wildman–Crippen LogP) is 7.21. The Labute approximate surface area is 217 Å². The van der Waals surface area contributed by atoms with Gasteiger partial charge in [0.2, 0.25) is 0 Å². The number of carbonyl (C=O) groups excluding carboxylic acids is 1. The Morgan fingerprint density at radius 1 is 1.08 bits per heavy atom. The number of ether oxygens (including phenoxy) is 2. The van der Waals surface area contributed by atoms with Crippen molar-refractivity contribution in [2.45, 2.75) is 33.8 Å².